The number of hydrogen-bond acceptors (Lipinski definition) is 4. The van der Waals surface area contributed by atoms with Crippen LogP contribution in [0.2, 0.25) is 10.4 Å². The second-order valence-corrected chi connectivity index (χ2v) is 5.01. The van der Waals surface area contributed by atoms with Crippen molar-refractivity contribution in [3.8, 4) is 0 Å². The molecule has 1 amide bonds. The van der Waals surface area contributed by atoms with Crippen LogP contribution in [-0.2, 0) is 4.79 Å². The Morgan fingerprint density at radius 3 is 2.62 bits per heavy atom. The highest BCUT2D eigenvalue weighted by Crippen LogP contribution is 2.32. The molecule has 1 aromatic heterocycles. The van der Waals surface area contributed by atoms with Crippen molar-refractivity contribution in [3.63, 3.8) is 0 Å². The molecule has 1 unspecified atom stereocenters. The molecule has 0 aromatic carbocycles. The number of nitrogens with zero attached hydrogens (tertiary/aromatic N) is 3. The molecule has 7 heteroatoms. The van der Waals surface area contributed by atoms with Gasteiger partial charge in [0.15, 0.2) is 5.15 Å². The molecule has 1 saturated heterocycles. The van der Waals surface area contributed by atoms with Crippen molar-refractivity contribution in [1.29, 1.82) is 0 Å². The summed E-state index contributed by atoms with van der Waals surface area (Å²) in [6.45, 7) is 2.27. The van der Waals surface area contributed by atoms with E-state index in [1.54, 1.807) is 11.8 Å². The molecule has 0 N–H and O–H groups in total. The van der Waals surface area contributed by atoms with Gasteiger partial charge in [-0.2, -0.15) is 12.6 Å². The van der Waals surface area contributed by atoms with Crippen LogP contribution in [0.3, 0.4) is 0 Å². The summed E-state index contributed by atoms with van der Waals surface area (Å²) in [4.78, 5) is 21.1. The third kappa shape index (κ3) is 2.12. The lowest BCUT2D eigenvalue weighted by Crippen LogP contribution is -2.26. The smallest absolute Gasteiger partial charge is 0.228 e. The van der Waals surface area contributed by atoms with Crippen molar-refractivity contribution in [2.45, 2.75) is 18.6 Å². The molecule has 1 atom stereocenters. The molecule has 0 spiro atoms. The van der Waals surface area contributed by atoms with Crippen LogP contribution in [0.1, 0.15) is 12.1 Å². The Morgan fingerprint density at radius 1 is 1.44 bits per heavy atom. The lowest BCUT2D eigenvalue weighted by Gasteiger charge is -2.18. The van der Waals surface area contributed by atoms with Gasteiger partial charge in [-0.1, -0.05) is 11.6 Å². The van der Waals surface area contributed by atoms with Crippen LogP contribution in [0, 0.1) is 6.92 Å². The van der Waals surface area contributed by atoms with Crippen molar-refractivity contribution in [2.24, 2.45) is 0 Å². The molecule has 0 bridgehead atoms. The van der Waals surface area contributed by atoms with Crippen molar-refractivity contribution in [1.82, 2.24) is 9.97 Å². The number of carbonyl (C=O) groups is 1. The van der Waals surface area contributed by atoms with Gasteiger partial charge in [0.05, 0.1) is 5.69 Å². The highest BCUT2D eigenvalue weighted by Gasteiger charge is 2.31. The van der Waals surface area contributed by atoms with Gasteiger partial charge >= 0.3 is 0 Å². The minimum Gasteiger partial charge on any atom is -0.307 e. The summed E-state index contributed by atoms with van der Waals surface area (Å²) in [5, 5.41) is 0.312. The first-order valence-electron chi connectivity index (χ1n) is 4.67. The predicted molar refractivity (Wildman–Crippen MR) is 66.5 cm³/mol. The maximum Gasteiger partial charge on any atom is 0.228 e. The fourth-order valence-electron chi connectivity index (χ4n) is 1.71. The van der Waals surface area contributed by atoms with Gasteiger partial charge in [-0.05, 0) is 18.5 Å². The Bertz CT molecular complexity index is 431. The standard InChI is InChI=1S/C9H9Cl2N3OS/c1-4-7(8(10)13-9(11)12-4)14-3-5(16)2-6(14)15/h5,16H,2-3H2,1H3. The number of anilines is 1. The monoisotopic (exact) mass is 277 g/mol. The maximum atomic E-state index is 11.7. The van der Waals surface area contributed by atoms with Gasteiger partial charge in [-0.3, -0.25) is 4.79 Å². The molecule has 1 aliphatic rings. The SMILES string of the molecule is Cc1nc(Cl)nc(Cl)c1N1CC(S)CC1=O. The van der Waals surface area contributed by atoms with Crippen molar-refractivity contribution < 1.29 is 4.79 Å². The van der Waals surface area contributed by atoms with E-state index in [1.807, 2.05) is 0 Å². The van der Waals surface area contributed by atoms with Crippen LogP contribution in [-0.4, -0.2) is 27.7 Å². The van der Waals surface area contributed by atoms with Gasteiger partial charge in [0, 0.05) is 18.2 Å². The Kier molecular flexibility index (Phi) is 3.28. The highest BCUT2D eigenvalue weighted by molar-refractivity contribution is 7.81. The average Bonchev–Trinajstić information content (AvgIpc) is 2.43. The molecule has 16 heavy (non-hydrogen) atoms. The van der Waals surface area contributed by atoms with E-state index in [4.69, 9.17) is 23.2 Å². The summed E-state index contributed by atoms with van der Waals surface area (Å²) in [7, 11) is 0. The van der Waals surface area contributed by atoms with Gasteiger partial charge in [-0.25, -0.2) is 9.97 Å². The normalized spacial score (nSPS) is 20.6. The number of aromatic nitrogens is 2. The Balaban J connectivity index is 2.44. The zero-order chi connectivity index (χ0) is 11.9. The predicted octanol–water partition coefficient (Wildman–Crippen LogP) is 2.13. The molecular weight excluding hydrogens is 269 g/mol. The topological polar surface area (TPSA) is 46.1 Å². The highest BCUT2D eigenvalue weighted by atomic mass is 35.5. The molecule has 0 aliphatic carbocycles. The fraction of sp³-hybridized carbons (Fsp3) is 0.444. The van der Waals surface area contributed by atoms with Crippen LogP contribution in [0.25, 0.3) is 0 Å². The first kappa shape index (κ1) is 12.0. The first-order valence-corrected chi connectivity index (χ1v) is 5.94. The lowest BCUT2D eigenvalue weighted by molar-refractivity contribution is -0.117. The number of thiol groups is 1. The summed E-state index contributed by atoms with van der Waals surface area (Å²) < 4.78 is 0. The molecule has 2 rings (SSSR count). The van der Waals surface area contributed by atoms with E-state index < -0.39 is 0 Å². The second kappa shape index (κ2) is 4.39. The zero-order valence-electron chi connectivity index (χ0n) is 8.44. The number of carbonyl (C=O) groups excluding carboxylic acids is 1. The summed E-state index contributed by atoms with van der Waals surface area (Å²) in [6.07, 6.45) is 0.404. The molecule has 0 radical (unpaired) electrons. The van der Waals surface area contributed by atoms with E-state index >= 15 is 0 Å². The van der Waals surface area contributed by atoms with E-state index in [-0.39, 0.29) is 21.6 Å². The average molecular weight is 278 g/mol. The molecule has 0 saturated carbocycles. The van der Waals surface area contributed by atoms with E-state index in [0.29, 0.717) is 24.3 Å². The van der Waals surface area contributed by atoms with Crippen LogP contribution < -0.4 is 4.90 Å². The molecule has 1 aromatic rings. The van der Waals surface area contributed by atoms with E-state index in [1.165, 1.54) is 0 Å². The first-order chi connectivity index (χ1) is 7.49. The lowest BCUT2D eigenvalue weighted by atomic mass is 10.3. The van der Waals surface area contributed by atoms with Gasteiger partial charge in [-0.15, -0.1) is 0 Å². The number of halogens is 2. The molecular formula is C9H9Cl2N3OS. The van der Waals surface area contributed by atoms with Gasteiger partial charge in [0.25, 0.3) is 0 Å². The van der Waals surface area contributed by atoms with Crippen LogP contribution in [0.15, 0.2) is 0 Å². The quantitative estimate of drug-likeness (QED) is 0.486. The largest absolute Gasteiger partial charge is 0.307 e. The number of rotatable bonds is 1. The summed E-state index contributed by atoms with van der Waals surface area (Å²) in [5.74, 6) is -0.0177. The van der Waals surface area contributed by atoms with E-state index in [0.717, 1.165) is 0 Å². The molecule has 1 aliphatic heterocycles. The Morgan fingerprint density at radius 2 is 2.12 bits per heavy atom. The van der Waals surface area contributed by atoms with Gasteiger partial charge < -0.3 is 4.90 Å². The molecule has 86 valence electrons. The van der Waals surface area contributed by atoms with Crippen molar-refractivity contribution in [3.05, 3.63) is 16.1 Å². The van der Waals surface area contributed by atoms with Gasteiger partial charge in [0.2, 0.25) is 11.2 Å². The minimum atomic E-state index is -0.0177. The van der Waals surface area contributed by atoms with E-state index in [9.17, 15) is 4.79 Å². The third-order valence-electron chi connectivity index (χ3n) is 2.36. The Hall–Kier alpha value is -0.520. The summed E-state index contributed by atoms with van der Waals surface area (Å²) in [5.41, 5.74) is 1.13. The fourth-order valence-corrected chi connectivity index (χ4v) is 2.60. The van der Waals surface area contributed by atoms with Gasteiger partial charge in [0.1, 0.15) is 5.69 Å². The summed E-state index contributed by atoms with van der Waals surface area (Å²) in [6, 6.07) is 0. The molecule has 4 nitrogen and oxygen atoms in total. The van der Waals surface area contributed by atoms with Crippen molar-refractivity contribution in [2.75, 3.05) is 11.4 Å². The van der Waals surface area contributed by atoms with Crippen LogP contribution in [0.4, 0.5) is 5.69 Å². The van der Waals surface area contributed by atoms with E-state index in [2.05, 4.69) is 22.6 Å². The number of aryl methyl sites for hydroxylation is 1. The van der Waals surface area contributed by atoms with Crippen LogP contribution in [0.5, 0.6) is 0 Å². The molecule has 2 heterocycles. The minimum absolute atomic E-state index is 0.0177. The number of hydrogen-bond donors (Lipinski definition) is 1. The maximum absolute atomic E-state index is 11.7. The zero-order valence-corrected chi connectivity index (χ0v) is 10.9. The number of amides is 1. The van der Waals surface area contributed by atoms with Crippen LogP contribution >= 0.6 is 35.8 Å². The van der Waals surface area contributed by atoms with Crippen molar-refractivity contribution >= 4 is 47.4 Å². The molecule has 1 fully saturated rings. The Labute approximate surface area is 108 Å². The second-order valence-electron chi connectivity index (χ2n) is 3.58. The summed E-state index contributed by atoms with van der Waals surface area (Å²) >= 11 is 15.9. The third-order valence-corrected chi connectivity index (χ3v) is 3.14.